The lowest BCUT2D eigenvalue weighted by Gasteiger charge is -2.07. The van der Waals surface area contributed by atoms with Crippen molar-refractivity contribution in [3.63, 3.8) is 0 Å². The van der Waals surface area contributed by atoms with Crippen molar-refractivity contribution < 1.29 is 0 Å². The van der Waals surface area contributed by atoms with Crippen LogP contribution < -0.4 is 5.32 Å². The van der Waals surface area contributed by atoms with Gasteiger partial charge in [-0.2, -0.15) is 10.4 Å². The van der Waals surface area contributed by atoms with Crippen LogP contribution in [0.25, 0.3) is 5.69 Å². The van der Waals surface area contributed by atoms with Crippen molar-refractivity contribution in [2.45, 2.75) is 27.3 Å². The van der Waals surface area contributed by atoms with Gasteiger partial charge in [-0.05, 0) is 32.9 Å². The number of nitrogens with one attached hydrogen (secondary N) is 1. The monoisotopic (exact) mass is 268 g/mol. The summed E-state index contributed by atoms with van der Waals surface area (Å²) in [6.07, 6.45) is 0. The molecule has 1 aromatic heterocycles. The van der Waals surface area contributed by atoms with Crippen molar-refractivity contribution in [2.24, 2.45) is 5.92 Å². The summed E-state index contributed by atoms with van der Waals surface area (Å²) in [5, 5.41) is 16.7. The van der Waals surface area contributed by atoms with Gasteiger partial charge in [-0.1, -0.05) is 18.2 Å². The largest absolute Gasteiger partial charge is 0.311 e. The first-order valence-electron chi connectivity index (χ1n) is 6.84. The summed E-state index contributed by atoms with van der Waals surface area (Å²) in [6.45, 7) is 7.47. The number of hydrogen-bond donors (Lipinski definition) is 1. The summed E-state index contributed by atoms with van der Waals surface area (Å²) < 4.78 is 1.97. The van der Waals surface area contributed by atoms with E-state index in [0.717, 1.165) is 23.6 Å². The number of benzene rings is 1. The second-order valence-corrected chi connectivity index (χ2v) is 5.06. The van der Waals surface area contributed by atoms with E-state index in [4.69, 9.17) is 5.26 Å². The molecule has 1 N–H and O–H groups in total. The molecule has 0 spiro atoms. The highest BCUT2D eigenvalue weighted by Gasteiger charge is 2.12. The first-order chi connectivity index (χ1) is 9.63. The maximum atomic E-state index is 8.79. The molecule has 0 amide bonds. The topological polar surface area (TPSA) is 53.6 Å². The zero-order valence-corrected chi connectivity index (χ0v) is 12.2. The molecule has 0 bridgehead atoms. The van der Waals surface area contributed by atoms with E-state index in [2.05, 4.69) is 35.5 Å². The third-order valence-electron chi connectivity index (χ3n) is 3.41. The second kappa shape index (κ2) is 6.36. The molecule has 1 unspecified atom stereocenters. The molecule has 0 saturated carbocycles. The Hall–Kier alpha value is -2.12. The summed E-state index contributed by atoms with van der Waals surface area (Å²) >= 11 is 0. The third kappa shape index (κ3) is 3.06. The summed E-state index contributed by atoms with van der Waals surface area (Å²) in [6, 6.07) is 12.4. The highest BCUT2D eigenvalue weighted by molar-refractivity contribution is 5.36. The number of nitrogens with zero attached hydrogens (tertiary/aromatic N) is 3. The minimum atomic E-state index is 0.0276. The van der Waals surface area contributed by atoms with Crippen molar-refractivity contribution in [3.8, 4) is 11.8 Å². The fraction of sp³-hybridized carbons (Fsp3) is 0.375. The molecule has 2 rings (SSSR count). The fourth-order valence-corrected chi connectivity index (χ4v) is 2.21. The van der Waals surface area contributed by atoms with Crippen LogP contribution in [0.4, 0.5) is 0 Å². The van der Waals surface area contributed by atoms with Crippen LogP contribution in [0, 0.1) is 31.1 Å². The Bertz CT molecular complexity index is 607. The molecule has 0 aliphatic heterocycles. The van der Waals surface area contributed by atoms with Gasteiger partial charge in [0, 0.05) is 24.3 Å². The van der Waals surface area contributed by atoms with E-state index < -0.39 is 0 Å². The molecule has 0 aliphatic rings. The zero-order chi connectivity index (χ0) is 14.5. The molecule has 0 fully saturated rings. The van der Waals surface area contributed by atoms with E-state index in [0.29, 0.717) is 6.54 Å². The molecule has 4 nitrogen and oxygen atoms in total. The summed E-state index contributed by atoms with van der Waals surface area (Å²) in [7, 11) is 0. The van der Waals surface area contributed by atoms with Gasteiger partial charge >= 0.3 is 0 Å². The maximum Gasteiger partial charge on any atom is 0.0666 e. The van der Waals surface area contributed by atoms with E-state index in [1.165, 1.54) is 5.56 Å². The van der Waals surface area contributed by atoms with Gasteiger partial charge in [0.2, 0.25) is 0 Å². The van der Waals surface area contributed by atoms with Crippen LogP contribution in [0.3, 0.4) is 0 Å². The van der Waals surface area contributed by atoms with Crippen LogP contribution >= 0.6 is 0 Å². The number of rotatable bonds is 5. The van der Waals surface area contributed by atoms with E-state index >= 15 is 0 Å². The molecule has 4 heteroatoms. The van der Waals surface area contributed by atoms with Crippen molar-refractivity contribution >= 4 is 0 Å². The van der Waals surface area contributed by atoms with Crippen LogP contribution in [0.15, 0.2) is 30.3 Å². The van der Waals surface area contributed by atoms with Crippen molar-refractivity contribution in [2.75, 3.05) is 6.54 Å². The first-order valence-corrected chi connectivity index (χ1v) is 6.84. The molecule has 1 heterocycles. The molecular weight excluding hydrogens is 248 g/mol. The Kier molecular flexibility index (Phi) is 4.54. The Morgan fingerprint density at radius 1 is 1.30 bits per heavy atom. The van der Waals surface area contributed by atoms with Crippen LogP contribution in [0.2, 0.25) is 0 Å². The normalized spacial score (nSPS) is 12.1. The van der Waals surface area contributed by atoms with Crippen molar-refractivity contribution in [1.82, 2.24) is 15.1 Å². The molecule has 0 radical (unpaired) electrons. The SMILES string of the molecule is Cc1nn(-c2ccccc2)c(C)c1CNCC(C)C#N. The maximum absolute atomic E-state index is 8.79. The van der Waals surface area contributed by atoms with Gasteiger partial charge < -0.3 is 5.32 Å². The number of aryl methyl sites for hydroxylation is 1. The third-order valence-corrected chi connectivity index (χ3v) is 3.41. The van der Waals surface area contributed by atoms with Gasteiger partial charge in [-0.3, -0.25) is 0 Å². The van der Waals surface area contributed by atoms with Gasteiger partial charge in [-0.15, -0.1) is 0 Å². The van der Waals surface area contributed by atoms with E-state index in [1.807, 2.05) is 36.7 Å². The zero-order valence-electron chi connectivity index (χ0n) is 12.2. The van der Waals surface area contributed by atoms with Crippen molar-refractivity contribution in [1.29, 1.82) is 5.26 Å². The van der Waals surface area contributed by atoms with Crippen molar-refractivity contribution in [3.05, 3.63) is 47.3 Å². The number of aromatic nitrogens is 2. The molecule has 1 aromatic carbocycles. The van der Waals surface area contributed by atoms with E-state index in [9.17, 15) is 0 Å². The van der Waals surface area contributed by atoms with Crippen LogP contribution in [0.5, 0.6) is 0 Å². The van der Waals surface area contributed by atoms with E-state index in [-0.39, 0.29) is 5.92 Å². The standard InChI is InChI=1S/C16H20N4/c1-12(9-17)10-18-11-16-13(2)19-20(14(16)3)15-7-5-4-6-8-15/h4-8,12,18H,10-11H2,1-3H3. The van der Waals surface area contributed by atoms with Gasteiger partial charge in [-0.25, -0.2) is 4.68 Å². The number of nitriles is 1. The predicted octanol–water partition coefficient (Wildman–Crippen LogP) is 2.74. The first kappa shape index (κ1) is 14.3. The summed E-state index contributed by atoms with van der Waals surface area (Å²) in [5.41, 5.74) is 4.46. The molecular formula is C16H20N4. The predicted molar refractivity (Wildman–Crippen MR) is 79.5 cm³/mol. The Balaban J connectivity index is 2.16. The molecule has 2 aromatic rings. The number of para-hydroxylation sites is 1. The number of hydrogen-bond acceptors (Lipinski definition) is 3. The van der Waals surface area contributed by atoms with Gasteiger partial charge in [0.1, 0.15) is 0 Å². The fourth-order valence-electron chi connectivity index (χ4n) is 2.21. The van der Waals surface area contributed by atoms with Gasteiger partial charge in [0.25, 0.3) is 0 Å². The highest BCUT2D eigenvalue weighted by atomic mass is 15.3. The quantitative estimate of drug-likeness (QED) is 0.907. The molecule has 0 aliphatic carbocycles. The van der Waals surface area contributed by atoms with Gasteiger partial charge in [0.15, 0.2) is 0 Å². The molecule has 20 heavy (non-hydrogen) atoms. The lowest BCUT2D eigenvalue weighted by molar-refractivity contribution is 0.599. The lowest BCUT2D eigenvalue weighted by atomic mass is 10.1. The average molecular weight is 268 g/mol. The minimum Gasteiger partial charge on any atom is -0.311 e. The highest BCUT2D eigenvalue weighted by Crippen LogP contribution is 2.17. The summed E-state index contributed by atoms with van der Waals surface area (Å²) in [4.78, 5) is 0. The Morgan fingerprint density at radius 2 is 2.00 bits per heavy atom. The minimum absolute atomic E-state index is 0.0276. The molecule has 104 valence electrons. The Labute approximate surface area is 120 Å². The summed E-state index contributed by atoms with van der Waals surface area (Å²) in [5.74, 6) is 0.0276. The van der Waals surface area contributed by atoms with Crippen LogP contribution in [-0.2, 0) is 6.54 Å². The van der Waals surface area contributed by atoms with Crippen LogP contribution in [0.1, 0.15) is 23.9 Å². The second-order valence-electron chi connectivity index (χ2n) is 5.06. The van der Waals surface area contributed by atoms with Crippen LogP contribution in [-0.4, -0.2) is 16.3 Å². The molecule has 0 saturated heterocycles. The van der Waals surface area contributed by atoms with Gasteiger partial charge in [0.05, 0.1) is 23.4 Å². The Morgan fingerprint density at radius 3 is 2.65 bits per heavy atom. The average Bonchev–Trinajstić information content (AvgIpc) is 2.75. The smallest absolute Gasteiger partial charge is 0.0666 e. The lowest BCUT2D eigenvalue weighted by Crippen LogP contribution is -2.20. The van der Waals surface area contributed by atoms with E-state index in [1.54, 1.807) is 0 Å². The molecule has 1 atom stereocenters.